The number of carbonyl (C=O) groups is 1. The summed E-state index contributed by atoms with van der Waals surface area (Å²) < 4.78 is 5.55. The summed E-state index contributed by atoms with van der Waals surface area (Å²) in [5.41, 5.74) is 1.39. The molecule has 0 bridgehead atoms. The minimum atomic E-state index is 0.133. The molecule has 1 amide bonds. The Hall–Kier alpha value is -1.43. The van der Waals surface area contributed by atoms with Crippen LogP contribution in [0.3, 0.4) is 0 Å². The van der Waals surface area contributed by atoms with Crippen molar-refractivity contribution in [3.05, 3.63) is 35.9 Å². The third-order valence-electron chi connectivity index (χ3n) is 6.14. The van der Waals surface area contributed by atoms with Gasteiger partial charge in [0, 0.05) is 31.7 Å². The van der Waals surface area contributed by atoms with Crippen LogP contribution < -0.4 is 5.32 Å². The van der Waals surface area contributed by atoms with E-state index in [-0.39, 0.29) is 11.4 Å². The number of amides is 1. The van der Waals surface area contributed by atoms with E-state index in [0.717, 1.165) is 45.9 Å². The van der Waals surface area contributed by atoms with E-state index in [1.165, 1.54) is 37.7 Å². The van der Waals surface area contributed by atoms with Gasteiger partial charge in [0.15, 0.2) is 0 Å². The van der Waals surface area contributed by atoms with Gasteiger partial charge in [0.1, 0.15) is 0 Å². The molecule has 0 radical (unpaired) electrons. The molecule has 1 aliphatic heterocycles. The van der Waals surface area contributed by atoms with Gasteiger partial charge in [-0.05, 0) is 24.9 Å². The Labute approximate surface area is 164 Å². The molecule has 5 heteroatoms. The number of rotatable bonds is 8. The number of nitrogens with zero attached hydrogens (tertiary/aromatic N) is 2. The van der Waals surface area contributed by atoms with Gasteiger partial charge in [-0.3, -0.25) is 14.6 Å². The SMILES string of the molecule is CCN(CC(=O)NCC1(N2CCOCC2)CCCCC1)Cc1ccccc1. The molecule has 1 saturated heterocycles. The minimum Gasteiger partial charge on any atom is -0.379 e. The van der Waals surface area contributed by atoms with E-state index in [0.29, 0.717) is 6.54 Å². The Bertz CT molecular complexity index is 566. The van der Waals surface area contributed by atoms with E-state index in [2.05, 4.69) is 46.3 Å². The monoisotopic (exact) mass is 373 g/mol. The zero-order chi connectivity index (χ0) is 19.0. The molecule has 5 nitrogen and oxygen atoms in total. The molecule has 1 N–H and O–H groups in total. The van der Waals surface area contributed by atoms with Crippen LogP contribution in [0.15, 0.2) is 30.3 Å². The lowest BCUT2D eigenvalue weighted by molar-refractivity contribution is -0.123. The van der Waals surface area contributed by atoms with Gasteiger partial charge in [0.25, 0.3) is 0 Å². The number of carbonyl (C=O) groups excluding carboxylic acids is 1. The molecule has 0 atom stereocenters. The van der Waals surface area contributed by atoms with Crippen LogP contribution in [0.5, 0.6) is 0 Å². The van der Waals surface area contributed by atoms with Crippen LogP contribution in [0.1, 0.15) is 44.6 Å². The zero-order valence-electron chi connectivity index (χ0n) is 16.8. The average molecular weight is 374 g/mol. The highest BCUT2D eigenvalue weighted by Crippen LogP contribution is 2.33. The molecule has 0 spiro atoms. The molecule has 150 valence electrons. The first-order valence-corrected chi connectivity index (χ1v) is 10.6. The van der Waals surface area contributed by atoms with Gasteiger partial charge in [-0.15, -0.1) is 0 Å². The molecule has 2 aliphatic rings. The zero-order valence-corrected chi connectivity index (χ0v) is 16.8. The Morgan fingerprint density at radius 1 is 1.15 bits per heavy atom. The number of benzene rings is 1. The van der Waals surface area contributed by atoms with Crippen LogP contribution in [0, 0.1) is 0 Å². The fraction of sp³-hybridized carbons (Fsp3) is 0.682. The highest BCUT2D eigenvalue weighted by Gasteiger charge is 2.38. The highest BCUT2D eigenvalue weighted by atomic mass is 16.5. The van der Waals surface area contributed by atoms with Crippen molar-refractivity contribution >= 4 is 5.91 Å². The van der Waals surface area contributed by atoms with Crippen molar-refractivity contribution in [2.24, 2.45) is 0 Å². The lowest BCUT2D eigenvalue weighted by Gasteiger charge is -2.48. The molecule has 0 aromatic heterocycles. The van der Waals surface area contributed by atoms with Gasteiger partial charge < -0.3 is 10.1 Å². The maximum absolute atomic E-state index is 12.7. The fourth-order valence-corrected chi connectivity index (χ4v) is 4.50. The van der Waals surface area contributed by atoms with Gasteiger partial charge >= 0.3 is 0 Å². The van der Waals surface area contributed by atoms with Gasteiger partial charge in [-0.1, -0.05) is 56.5 Å². The number of hydrogen-bond acceptors (Lipinski definition) is 4. The lowest BCUT2D eigenvalue weighted by atomic mass is 9.79. The van der Waals surface area contributed by atoms with E-state index in [9.17, 15) is 4.79 Å². The van der Waals surface area contributed by atoms with Crippen molar-refractivity contribution in [1.29, 1.82) is 0 Å². The predicted molar refractivity (Wildman–Crippen MR) is 109 cm³/mol. The summed E-state index contributed by atoms with van der Waals surface area (Å²) >= 11 is 0. The Morgan fingerprint density at radius 2 is 1.85 bits per heavy atom. The molecular formula is C22H35N3O2. The van der Waals surface area contributed by atoms with Crippen molar-refractivity contribution in [2.75, 3.05) is 45.9 Å². The summed E-state index contributed by atoms with van der Waals surface area (Å²) in [6.07, 6.45) is 6.23. The van der Waals surface area contributed by atoms with E-state index >= 15 is 0 Å². The molecular weight excluding hydrogens is 338 g/mol. The van der Waals surface area contributed by atoms with Gasteiger partial charge in [-0.25, -0.2) is 0 Å². The van der Waals surface area contributed by atoms with Crippen molar-refractivity contribution in [2.45, 2.75) is 51.1 Å². The first-order valence-electron chi connectivity index (χ1n) is 10.6. The summed E-state index contributed by atoms with van der Waals surface area (Å²) in [7, 11) is 0. The number of ether oxygens (including phenoxy) is 1. The van der Waals surface area contributed by atoms with E-state index in [1.54, 1.807) is 0 Å². The Balaban J connectivity index is 1.53. The third kappa shape index (κ3) is 5.77. The largest absolute Gasteiger partial charge is 0.379 e. The second-order valence-corrected chi connectivity index (χ2v) is 7.95. The third-order valence-corrected chi connectivity index (χ3v) is 6.14. The van der Waals surface area contributed by atoms with Crippen LogP contribution in [0.25, 0.3) is 0 Å². The summed E-state index contributed by atoms with van der Waals surface area (Å²) in [5, 5.41) is 3.28. The topological polar surface area (TPSA) is 44.8 Å². The van der Waals surface area contributed by atoms with Crippen molar-refractivity contribution < 1.29 is 9.53 Å². The van der Waals surface area contributed by atoms with Crippen LogP contribution in [0.4, 0.5) is 0 Å². The number of morpholine rings is 1. The van der Waals surface area contributed by atoms with E-state index in [4.69, 9.17) is 4.74 Å². The molecule has 1 saturated carbocycles. The summed E-state index contributed by atoms with van der Waals surface area (Å²) in [6.45, 7) is 8.66. The average Bonchev–Trinajstić information content (AvgIpc) is 2.74. The molecule has 1 aromatic carbocycles. The Morgan fingerprint density at radius 3 is 2.52 bits per heavy atom. The minimum absolute atomic E-state index is 0.133. The molecule has 0 unspecified atom stereocenters. The summed E-state index contributed by atoms with van der Waals surface area (Å²) in [6, 6.07) is 10.4. The van der Waals surface area contributed by atoms with E-state index in [1.807, 2.05) is 6.07 Å². The second kappa shape index (κ2) is 10.2. The Kier molecular flexibility index (Phi) is 7.68. The lowest BCUT2D eigenvalue weighted by Crippen LogP contribution is -2.60. The van der Waals surface area contributed by atoms with E-state index < -0.39 is 0 Å². The van der Waals surface area contributed by atoms with Gasteiger partial charge in [-0.2, -0.15) is 0 Å². The van der Waals surface area contributed by atoms with Crippen molar-refractivity contribution in [3.8, 4) is 0 Å². The maximum Gasteiger partial charge on any atom is 0.234 e. The predicted octanol–water partition coefficient (Wildman–Crippen LogP) is 2.66. The molecule has 2 fully saturated rings. The number of nitrogens with one attached hydrogen (secondary N) is 1. The maximum atomic E-state index is 12.7. The quantitative estimate of drug-likeness (QED) is 0.761. The smallest absolute Gasteiger partial charge is 0.234 e. The summed E-state index contributed by atoms with van der Waals surface area (Å²) in [5.74, 6) is 0.144. The molecule has 27 heavy (non-hydrogen) atoms. The van der Waals surface area contributed by atoms with Gasteiger partial charge in [0.05, 0.1) is 19.8 Å². The van der Waals surface area contributed by atoms with Crippen molar-refractivity contribution in [1.82, 2.24) is 15.1 Å². The highest BCUT2D eigenvalue weighted by molar-refractivity contribution is 5.78. The molecule has 3 rings (SSSR count). The van der Waals surface area contributed by atoms with Crippen LogP contribution >= 0.6 is 0 Å². The first kappa shape index (κ1) is 20.3. The van der Waals surface area contributed by atoms with Gasteiger partial charge in [0.2, 0.25) is 5.91 Å². The molecule has 1 aliphatic carbocycles. The second-order valence-electron chi connectivity index (χ2n) is 7.95. The summed E-state index contributed by atoms with van der Waals surface area (Å²) in [4.78, 5) is 17.5. The number of likely N-dealkylation sites (N-methyl/N-ethyl adjacent to an activating group) is 1. The first-order chi connectivity index (χ1) is 13.2. The fourth-order valence-electron chi connectivity index (χ4n) is 4.50. The molecule has 1 heterocycles. The normalized spacial score (nSPS) is 20.5. The number of hydrogen-bond donors (Lipinski definition) is 1. The van der Waals surface area contributed by atoms with Crippen LogP contribution in [-0.4, -0.2) is 67.2 Å². The van der Waals surface area contributed by atoms with Crippen molar-refractivity contribution in [3.63, 3.8) is 0 Å². The standard InChI is InChI=1S/C22H35N3O2/c1-2-24(17-20-9-5-3-6-10-20)18-21(26)23-19-22(11-7-4-8-12-22)25-13-15-27-16-14-25/h3,5-6,9-10H,2,4,7-8,11-19H2,1H3,(H,23,26). The van der Waals surface area contributed by atoms with Crippen LogP contribution in [0.2, 0.25) is 0 Å². The van der Waals surface area contributed by atoms with Crippen LogP contribution in [-0.2, 0) is 16.1 Å². The molecule has 1 aromatic rings.